The Morgan fingerprint density at radius 2 is 2.00 bits per heavy atom. The molecule has 0 bridgehead atoms. The predicted molar refractivity (Wildman–Crippen MR) is 41.7 cm³/mol. The first kappa shape index (κ1) is 16.3. The normalized spacial score (nSPS) is 13.5. The molecule has 0 rings (SSSR count). The number of aliphatic hydroxyl groups excluding tert-OH is 1. The van der Waals surface area contributed by atoms with Crippen molar-refractivity contribution < 1.29 is 52.4 Å². The van der Waals surface area contributed by atoms with Gasteiger partial charge in [-0.25, -0.2) is 8.42 Å². The van der Waals surface area contributed by atoms with Crippen molar-refractivity contribution in [2.75, 3.05) is 19.0 Å². The average Bonchev–Trinajstić information content (AvgIpc) is 1.83. The van der Waals surface area contributed by atoms with E-state index in [0.29, 0.717) is 6.42 Å². The molecule has 1 unspecified atom stereocenters. The molecule has 1 N–H and O–H groups in total. The van der Waals surface area contributed by atoms with Crippen molar-refractivity contribution in [2.24, 2.45) is 0 Å². The molecule has 13 heavy (non-hydrogen) atoms. The summed E-state index contributed by atoms with van der Waals surface area (Å²) in [6.07, 6.45) is -0.0207. The minimum atomic E-state index is -4.16. The molecule has 74 valence electrons. The van der Waals surface area contributed by atoms with Gasteiger partial charge >= 0.3 is 29.6 Å². The van der Waals surface area contributed by atoms with Crippen LogP contribution in [0.1, 0.15) is 13.3 Å². The van der Waals surface area contributed by atoms with Gasteiger partial charge < -0.3 is 14.4 Å². The second kappa shape index (κ2) is 8.16. The maximum Gasteiger partial charge on any atom is 1.00 e. The Labute approximate surface area is 101 Å². The molecule has 0 saturated heterocycles. The number of hydrogen-bond acceptors (Lipinski definition) is 5. The van der Waals surface area contributed by atoms with Crippen molar-refractivity contribution in [3.8, 4) is 0 Å². The first-order valence-corrected chi connectivity index (χ1v) is 5.19. The van der Waals surface area contributed by atoms with Crippen LogP contribution in [0.5, 0.6) is 0 Å². The summed E-state index contributed by atoms with van der Waals surface area (Å²) in [5, 5.41) is 8.75. The molecule has 0 aliphatic heterocycles. The van der Waals surface area contributed by atoms with Crippen LogP contribution in [-0.2, 0) is 14.9 Å². The van der Waals surface area contributed by atoms with Gasteiger partial charge in [0.25, 0.3) is 0 Å². The third kappa shape index (κ3) is 15.6. The fourth-order valence-electron chi connectivity index (χ4n) is 0.517. The molecule has 1 atom stereocenters. The first-order chi connectivity index (χ1) is 5.42. The molecule has 0 aliphatic rings. The summed E-state index contributed by atoms with van der Waals surface area (Å²) in [5.41, 5.74) is 0. The van der Waals surface area contributed by atoms with Gasteiger partial charge in [0.2, 0.25) is 0 Å². The summed E-state index contributed by atoms with van der Waals surface area (Å²) in [6, 6.07) is 0. The Kier molecular flexibility index (Phi) is 10.2. The predicted octanol–water partition coefficient (Wildman–Crippen LogP) is -3.68. The van der Waals surface area contributed by atoms with Crippen LogP contribution in [0.2, 0.25) is 0 Å². The van der Waals surface area contributed by atoms with E-state index in [1.54, 1.807) is 6.92 Å². The van der Waals surface area contributed by atoms with Crippen molar-refractivity contribution in [3.63, 3.8) is 0 Å². The smallest absolute Gasteiger partial charge is 0.748 e. The molecular weight excluding hydrogens is 207 g/mol. The largest absolute Gasteiger partial charge is 1.00 e. The van der Waals surface area contributed by atoms with Crippen molar-refractivity contribution in [1.29, 1.82) is 0 Å². The fraction of sp³-hybridized carbons (Fsp3) is 1.00. The van der Waals surface area contributed by atoms with Crippen LogP contribution in [0.4, 0.5) is 0 Å². The summed E-state index contributed by atoms with van der Waals surface area (Å²) in [7, 11) is -4.16. The zero-order valence-electron chi connectivity index (χ0n) is 7.89. The maximum atomic E-state index is 10.0. The number of rotatable bonds is 6. The first-order valence-electron chi connectivity index (χ1n) is 3.61. The van der Waals surface area contributed by atoms with E-state index < -0.39 is 22.0 Å². The standard InChI is InChI=1S/C6H14O5S.Na/c1-6(7)2-3-11-4-5-12(8,9)10;/h6-7H,2-5H2,1H3,(H,8,9,10);/q;+1/p-1. The molecular formula is C6H13NaO5S. The SMILES string of the molecule is CC(O)CCOCCS(=O)(=O)[O-].[Na+]. The number of hydrogen-bond donors (Lipinski definition) is 1. The molecule has 0 amide bonds. The van der Waals surface area contributed by atoms with Gasteiger partial charge in [-0.05, 0) is 13.3 Å². The summed E-state index contributed by atoms with van der Waals surface area (Å²) < 4.78 is 34.9. The van der Waals surface area contributed by atoms with E-state index in [4.69, 9.17) is 9.84 Å². The molecule has 0 aromatic rings. The molecule has 0 aromatic carbocycles. The Balaban J connectivity index is 0. The van der Waals surface area contributed by atoms with Crippen LogP contribution in [0, 0.1) is 0 Å². The average molecular weight is 220 g/mol. The van der Waals surface area contributed by atoms with Gasteiger partial charge in [-0.2, -0.15) is 0 Å². The van der Waals surface area contributed by atoms with Crippen LogP contribution in [0.3, 0.4) is 0 Å². The topological polar surface area (TPSA) is 86.7 Å². The van der Waals surface area contributed by atoms with E-state index in [0.717, 1.165) is 0 Å². The van der Waals surface area contributed by atoms with Crippen LogP contribution < -0.4 is 29.6 Å². The maximum absolute atomic E-state index is 10.0. The number of ether oxygens (including phenoxy) is 1. The van der Waals surface area contributed by atoms with Gasteiger partial charge in [-0.1, -0.05) is 0 Å². The van der Waals surface area contributed by atoms with E-state index in [1.807, 2.05) is 0 Å². The van der Waals surface area contributed by atoms with Gasteiger partial charge in [0.1, 0.15) is 0 Å². The molecule has 7 heteroatoms. The van der Waals surface area contributed by atoms with Crippen LogP contribution >= 0.6 is 0 Å². The van der Waals surface area contributed by atoms with Crippen molar-refractivity contribution in [3.05, 3.63) is 0 Å². The van der Waals surface area contributed by atoms with E-state index in [1.165, 1.54) is 0 Å². The monoisotopic (exact) mass is 220 g/mol. The Hall–Kier alpha value is 0.830. The summed E-state index contributed by atoms with van der Waals surface area (Å²) in [6.45, 7) is 1.78. The fourth-order valence-corrected chi connectivity index (χ4v) is 0.839. The van der Waals surface area contributed by atoms with Crippen LogP contribution in [0.25, 0.3) is 0 Å². The Bertz CT molecular complexity index is 201. The van der Waals surface area contributed by atoms with E-state index >= 15 is 0 Å². The summed E-state index contributed by atoms with van der Waals surface area (Å²) in [5.74, 6) is -0.507. The molecule has 0 fully saturated rings. The third-order valence-electron chi connectivity index (χ3n) is 1.16. The van der Waals surface area contributed by atoms with E-state index in [2.05, 4.69) is 0 Å². The quantitative estimate of drug-likeness (QED) is 0.283. The third-order valence-corrected chi connectivity index (χ3v) is 1.82. The second-order valence-corrected chi connectivity index (χ2v) is 4.04. The van der Waals surface area contributed by atoms with E-state index in [-0.39, 0.29) is 42.8 Å². The zero-order valence-corrected chi connectivity index (χ0v) is 10.7. The summed E-state index contributed by atoms with van der Waals surface area (Å²) >= 11 is 0. The molecule has 0 saturated carbocycles. The number of aliphatic hydroxyl groups is 1. The minimum Gasteiger partial charge on any atom is -0.748 e. The second-order valence-electron chi connectivity index (χ2n) is 2.51. The van der Waals surface area contributed by atoms with Crippen LogP contribution in [-0.4, -0.2) is 43.1 Å². The van der Waals surface area contributed by atoms with Gasteiger partial charge in [-0.3, -0.25) is 0 Å². The summed E-state index contributed by atoms with van der Waals surface area (Å²) in [4.78, 5) is 0. The molecule has 0 aromatic heterocycles. The molecule has 0 aliphatic carbocycles. The Morgan fingerprint density at radius 1 is 1.46 bits per heavy atom. The van der Waals surface area contributed by atoms with Gasteiger partial charge in [0.15, 0.2) is 0 Å². The molecule has 0 radical (unpaired) electrons. The van der Waals surface area contributed by atoms with Crippen molar-refractivity contribution >= 4 is 10.1 Å². The van der Waals surface area contributed by atoms with Gasteiger partial charge in [-0.15, -0.1) is 0 Å². The van der Waals surface area contributed by atoms with E-state index in [9.17, 15) is 13.0 Å². The zero-order chi connectivity index (χ0) is 9.61. The Morgan fingerprint density at radius 3 is 2.38 bits per heavy atom. The minimum absolute atomic E-state index is 0. The van der Waals surface area contributed by atoms with Gasteiger partial charge in [0.05, 0.1) is 28.6 Å². The van der Waals surface area contributed by atoms with Crippen molar-refractivity contribution in [2.45, 2.75) is 19.4 Å². The molecule has 0 heterocycles. The van der Waals surface area contributed by atoms with Crippen molar-refractivity contribution in [1.82, 2.24) is 0 Å². The van der Waals surface area contributed by atoms with Gasteiger partial charge in [0, 0.05) is 6.61 Å². The molecule has 0 spiro atoms. The van der Waals surface area contributed by atoms with Crippen LogP contribution in [0.15, 0.2) is 0 Å². The molecule has 5 nitrogen and oxygen atoms in total.